The molecule has 0 saturated carbocycles. The first-order valence-electron chi connectivity index (χ1n) is 8.21. The highest BCUT2D eigenvalue weighted by molar-refractivity contribution is 5.92. The lowest BCUT2D eigenvalue weighted by molar-refractivity contribution is 0.0526. The van der Waals surface area contributed by atoms with E-state index < -0.39 is 11.9 Å². The Hall–Kier alpha value is -2.82. The first kappa shape index (κ1) is 18.5. The number of esters is 2. The fourth-order valence-electron chi connectivity index (χ4n) is 1.99. The summed E-state index contributed by atoms with van der Waals surface area (Å²) in [7, 11) is 0. The van der Waals surface area contributed by atoms with E-state index in [9.17, 15) is 9.59 Å². The van der Waals surface area contributed by atoms with E-state index in [1.165, 1.54) is 0 Å². The molecular weight excluding hydrogens is 320 g/mol. The molecule has 0 aliphatic carbocycles. The second-order valence-electron chi connectivity index (χ2n) is 5.86. The molecule has 0 amide bonds. The van der Waals surface area contributed by atoms with Crippen LogP contribution < -0.4 is 9.47 Å². The molecule has 0 spiro atoms. The lowest BCUT2D eigenvalue weighted by Gasteiger charge is -2.09. The van der Waals surface area contributed by atoms with Crippen LogP contribution >= 0.6 is 0 Å². The summed E-state index contributed by atoms with van der Waals surface area (Å²) in [6, 6.07) is 13.0. The van der Waals surface area contributed by atoms with Crippen LogP contribution in [0.2, 0.25) is 0 Å². The van der Waals surface area contributed by atoms with Gasteiger partial charge in [0.1, 0.15) is 11.5 Å². The smallest absolute Gasteiger partial charge is 0.343 e. The van der Waals surface area contributed by atoms with Gasteiger partial charge in [-0.1, -0.05) is 13.8 Å². The van der Waals surface area contributed by atoms with Gasteiger partial charge >= 0.3 is 11.9 Å². The minimum absolute atomic E-state index is 0.312. The zero-order valence-electron chi connectivity index (χ0n) is 14.7. The Morgan fingerprint density at radius 3 is 1.88 bits per heavy atom. The quantitative estimate of drug-likeness (QED) is 0.559. The SMILES string of the molecule is CCOC(=O)c1ccc(OC(=O)c2ccc(OCC(C)C)cc2)cc1. The first-order chi connectivity index (χ1) is 12.0. The van der Waals surface area contributed by atoms with Gasteiger partial charge in [0.25, 0.3) is 0 Å². The van der Waals surface area contributed by atoms with Gasteiger partial charge < -0.3 is 14.2 Å². The summed E-state index contributed by atoms with van der Waals surface area (Å²) < 4.78 is 15.8. The third kappa shape index (κ3) is 5.64. The Kier molecular flexibility index (Phi) is 6.57. The van der Waals surface area contributed by atoms with Gasteiger partial charge in [-0.15, -0.1) is 0 Å². The van der Waals surface area contributed by atoms with E-state index in [2.05, 4.69) is 13.8 Å². The normalized spacial score (nSPS) is 10.4. The van der Waals surface area contributed by atoms with E-state index in [1.54, 1.807) is 55.5 Å². The topological polar surface area (TPSA) is 61.8 Å². The van der Waals surface area contributed by atoms with Gasteiger partial charge in [-0.05, 0) is 61.4 Å². The van der Waals surface area contributed by atoms with Crippen molar-refractivity contribution >= 4 is 11.9 Å². The van der Waals surface area contributed by atoms with Crippen LogP contribution in [0.25, 0.3) is 0 Å². The van der Waals surface area contributed by atoms with Crippen molar-refractivity contribution in [3.8, 4) is 11.5 Å². The third-order valence-electron chi connectivity index (χ3n) is 3.25. The molecule has 5 heteroatoms. The number of carbonyl (C=O) groups is 2. The molecule has 2 aromatic carbocycles. The molecule has 0 heterocycles. The van der Waals surface area contributed by atoms with Crippen LogP contribution in [0.1, 0.15) is 41.5 Å². The van der Waals surface area contributed by atoms with Gasteiger partial charge in [0.05, 0.1) is 24.3 Å². The van der Waals surface area contributed by atoms with Crippen LogP contribution in [-0.2, 0) is 4.74 Å². The molecule has 0 saturated heterocycles. The fourth-order valence-corrected chi connectivity index (χ4v) is 1.99. The average molecular weight is 342 g/mol. The van der Waals surface area contributed by atoms with Crippen molar-refractivity contribution < 1.29 is 23.8 Å². The van der Waals surface area contributed by atoms with E-state index >= 15 is 0 Å². The minimum atomic E-state index is -0.473. The molecule has 0 atom stereocenters. The van der Waals surface area contributed by atoms with Crippen molar-refractivity contribution in [1.29, 1.82) is 0 Å². The lowest BCUT2D eigenvalue weighted by Crippen LogP contribution is -2.09. The highest BCUT2D eigenvalue weighted by Gasteiger charge is 2.11. The van der Waals surface area contributed by atoms with E-state index in [1.807, 2.05) is 0 Å². The molecule has 0 bridgehead atoms. The van der Waals surface area contributed by atoms with Crippen molar-refractivity contribution in [2.75, 3.05) is 13.2 Å². The second-order valence-corrected chi connectivity index (χ2v) is 5.86. The monoisotopic (exact) mass is 342 g/mol. The standard InChI is InChI=1S/C20H22O5/c1-4-23-19(21)15-7-11-18(12-8-15)25-20(22)16-5-9-17(10-6-16)24-13-14(2)3/h5-12,14H,4,13H2,1-3H3. The summed E-state index contributed by atoms with van der Waals surface area (Å²) in [5.41, 5.74) is 0.833. The number of rotatable bonds is 7. The molecule has 0 unspecified atom stereocenters. The molecule has 0 fully saturated rings. The summed E-state index contributed by atoms with van der Waals surface area (Å²) in [6.45, 7) is 6.81. The molecule has 132 valence electrons. The summed E-state index contributed by atoms with van der Waals surface area (Å²) in [5, 5.41) is 0. The number of carbonyl (C=O) groups excluding carboxylic acids is 2. The molecule has 0 aliphatic rings. The van der Waals surface area contributed by atoms with Crippen LogP contribution in [0, 0.1) is 5.92 Å². The molecule has 0 radical (unpaired) electrons. The Morgan fingerprint density at radius 2 is 1.36 bits per heavy atom. The van der Waals surface area contributed by atoms with E-state index in [0.717, 1.165) is 0 Å². The number of hydrogen-bond acceptors (Lipinski definition) is 5. The van der Waals surface area contributed by atoms with Crippen LogP contribution in [0.15, 0.2) is 48.5 Å². The van der Waals surface area contributed by atoms with Crippen molar-refractivity contribution in [2.24, 2.45) is 5.92 Å². The maximum Gasteiger partial charge on any atom is 0.343 e. The third-order valence-corrected chi connectivity index (χ3v) is 3.25. The molecule has 25 heavy (non-hydrogen) atoms. The molecular formula is C20H22O5. The second kappa shape index (κ2) is 8.87. The highest BCUT2D eigenvalue weighted by Crippen LogP contribution is 2.17. The van der Waals surface area contributed by atoms with E-state index in [4.69, 9.17) is 14.2 Å². The number of ether oxygens (including phenoxy) is 3. The fraction of sp³-hybridized carbons (Fsp3) is 0.300. The molecule has 2 rings (SSSR count). The van der Waals surface area contributed by atoms with Crippen LogP contribution in [0.3, 0.4) is 0 Å². The van der Waals surface area contributed by atoms with Gasteiger partial charge in [-0.25, -0.2) is 9.59 Å². The van der Waals surface area contributed by atoms with E-state index in [-0.39, 0.29) is 0 Å². The zero-order chi connectivity index (χ0) is 18.2. The van der Waals surface area contributed by atoms with Gasteiger partial charge in [0.15, 0.2) is 0 Å². The Morgan fingerprint density at radius 1 is 0.840 bits per heavy atom. The van der Waals surface area contributed by atoms with Crippen molar-refractivity contribution in [3.05, 3.63) is 59.7 Å². The van der Waals surface area contributed by atoms with Crippen LogP contribution in [0.4, 0.5) is 0 Å². The Labute approximate surface area is 147 Å². The van der Waals surface area contributed by atoms with Crippen molar-refractivity contribution in [2.45, 2.75) is 20.8 Å². The molecule has 0 aliphatic heterocycles. The predicted molar refractivity (Wildman–Crippen MR) is 94.1 cm³/mol. The highest BCUT2D eigenvalue weighted by atomic mass is 16.5. The van der Waals surface area contributed by atoms with Gasteiger partial charge in [0.2, 0.25) is 0 Å². The summed E-state index contributed by atoms with van der Waals surface area (Å²) in [4.78, 5) is 23.7. The average Bonchev–Trinajstić information content (AvgIpc) is 2.61. The van der Waals surface area contributed by atoms with Crippen molar-refractivity contribution in [1.82, 2.24) is 0 Å². The summed E-state index contributed by atoms with van der Waals surface area (Å²) in [6.07, 6.45) is 0. The molecule has 0 aromatic heterocycles. The van der Waals surface area contributed by atoms with Crippen LogP contribution in [0.5, 0.6) is 11.5 Å². The minimum Gasteiger partial charge on any atom is -0.493 e. The van der Waals surface area contributed by atoms with Crippen LogP contribution in [-0.4, -0.2) is 25.2 Å². The zero-order valence-corrected chi connectivity index (χ0v) is 14.7. The summed E-state index contributed by atoms with van der Waals surface area (Å²) >= 11 is 0. The van der Waals surface area contributed by atoms with Gasteiger partial charge in [-0.2, -0.15) is 0 Å². The van der Waals surface area contributed by atoms with E-state index in [0.29, 0.717) is 41.8 Å². The molecule has 2 aromatic rings. The maximum atomic E-state index is 12.2. The van der Waals surface area contributed by atoms with Gasteiger partial charge in [-0.3, -0.25) is 0 Å². The predicted octanol–water partition coefficient (Wildman–Crippen LogP) is 4.12. The Balaban J connectivity index is 1.96. The number of benzene rings is 2. The summed E-state index contributed by atoms with van der Waals surface area (Å²) in [5.74, 6) is 0.626. The Bertz CT molecular complexity index is 702. The van der Waals surface area contributed by atoms with Crippen molar-refractivity contribution in [3.63, 3.8) is 0 Å². The number of hydrogen-bond donors (Lipinski definition) is 0. The molecule has 0 N–H and O–H groups in total. The first-order valence-corrected chi connectivity index (χ1v) is 8.21. The molecule has 5 nitrogen and oxygen atoms in total. The van der Waals surface area contributed by atoms with Gasteiger partial charge in [0, 0.05) is 0 Å². The largest absolute Gasteiger partial charge is 0.493 e. The maximum absolute atomic E-state index is 12.2. The lowest BCUT2D eigenvalue weighted by atomic mass is 10.2.